The first kappa shape index (κ1) is 15.2. The zero-order chi connectivity index (χ0) is 14.1. The molecule has 0 aromatic heterocycles. The van der Waals surface area contributed by atoms with Crippen LogP contribution in [-0.4, -0.2) is 30.2 Å². The van der Waals surface area contributed by atoms with Crippen LogP contribution in [-0.2, 0) is 6.54 Å². The van der Waals surface area contributed by atoms with Gasteiger partial charge >= 0.3 is 0 Å². The molecular weight excluding hydrogens is 236 g/mol. The third-order valence-electron chi connectivity index (χ3n) is 2.72. The number of aliphatic hydroxyl groups excluding tert-OH is 1. The predicted molar refractivity (Wildman–Crippen MR) is 76.1 cm³/mol. The minimum atomic E-state index is 0.0256. The van der Waals surface area contributed by atoms with Gasteiger partial charge in [-0.25, -0.2) is 0 Å². The Hall–Kier alpha value is -1.81. The highest BCUT2D eigenvalue weighted by Gasteiger charge is 2.07. The van der Waals surface area contributed by atoms with Gasteiger partial charge in [0.2, 0.25) is 0 Å². The maximum Gasteiger partial charge on any atom is 0.0666 e. The summed E-state index contributed by atoms with van der Waals surface area (Å²) in [5, 5.41) is 17.6. The van der Waals surface area contributed by atoms with Crippen LogP contribution in [0.1, 0.15) is 24.5 Å². The maximum atomic E-state index is 8.82. The molecule has 19 heavy (non-hydrogen) atoms. The van der Waals surface area contributed by atoms with Crippen molar-refractivity contribution in [1.82, 2.24) is 4.90 Å². The van der Waals surface area contributed by atoms with Crippen LogP contribution >= 0.6 is 0 Å². The first-order valence-corrected chi connectivity index (χ1v) is 6.43. The Morgan fingerprint density at radius 3 is 2.79 bits per heavy atom. The van der Waals surface area contributed by atoms with Gasteiger partial charge in [-0.15, -0.1) is 0 Å². The molecule has 0 heterocycles. The third kappa shape index (κ3) is 5.57. The molecule has 0 aliphatic heterocycles. The number of nitriles is 1. The number of hydrogen-bond donors (Lipinski definition) is 1. The first-order valence-electron chi connectivity index (χ1n) is 6.43. The molecule has 1 N–H and O–H groups in total. The fourth-order valence-corrected chi connectivity index (χ4v) is 1.86. The van der Waals surface area contributed by atoms with E-state index in [1.807, 2.05) is 32.2 Å². The molecule has 0 fully saturated rings. The highest BCUT2D eigenvalue weighted by Crippen LogP contribution is 2.11. The number of hydrogen-bond acceptors (Lipinski definition) is 3. The molecule has 100 valence electrons. The summed E-state index contributed by atoms with van der Waals surface area (Å²) in [6, 6.07) is 10.2. The lowest BCUT2D eigenvalue weighted by molar-refractivity contribution is 0.303. The molecule has 0 bridgehead atoms. The number of benzene rings is 1. The fraction of sp³-hybridized carbons (Fsp3) is 0.438. The normalized spacial score (nSPS) is 11.5. The first-order chi connectivity index (χ1) is 9.17. The van der Waals surface area contributed by atoms with Crippen LogP contribution in [0.3, 0.4) is 0 Å². The molecule has 1 aromatic carbocycles. The molecule has 0 spiro atoms. The van der Waals surface area contributed by atoms with Crippen molar-refractivity contribution in [2.45, 2.75) is 19.9 Å². The molecule has 0 radical (unpaired) electrons. The third-order valence-corrected chi connectivity index (χ3v) is 2.72. The standard InChI is InChI=1S/C16H20N2O/c1-14(11-17)12-18(2)13-16-9-4-3-7-15(16)8-5-6-10-19/h3-4,7,9,14,19H,6,10,12-13H2,1-2H3. The molecule has 1 rings (SSSR count). The van der Waals surface area contributed by atoms with Crippen molar-refractivity contribution in [2.75, 3.05) is 20.2 Å². The molecule has 1 unspecified atom stereocenters. The summed E-state index contributed by atoms with van der Waals surface area (Å²) in [5.74, 6) is 6.06. The topological polar surface area (TPSA) is 47.3 Å². The predicted octanol–water partition coefficient (Wildman–Crippen LogP) is 2.01. The van der Waals surface area contributed by atoms with Crippen molar-refractivity contribution >= 4 is 0 Å². The molecule has 0 saturated carbocycles. The zero-order valence-electron chi connectivity index (χ0n) is 11.6. The minimum absolute atomic E-state index is 0.0256. The molecule has 0 saturated heterocycles. The van der Waals surface area contributed by atoms with Gasteiger partial charge in [0.15, 0.2) is 0 Å². The second-order valence-corrected chi connectivity index (χ2v) is 4.66. The molecule has 0 aliphatic carbocycles. The summed E-state index contributed by atoms with van der Waals surface area (Å²) in [7, 11) is 2.01. The van der Waals surface area contributed by atoms with Crippen LogP contribution in [0.2, 0.25) is 0 Å². The lowest BCUT2D eigenvalue weighted by Crippen LogP contribution is -2.23. The van der Waals surface area contributed by atoms with Crippen molar-refractivity contribution in [2.24, 2.45) is 5.92 Å². The Bertz CT molecular complexity index is 493. The quantitative estimate of drug-likeness (QED) is 0.820. The summed E-state index contributed by atoms with van der Waals surface area (Å²) in [5.41, 5.74) is 2.15. The van der Waals surface area contributed by atoms with Crippen LogP contribution < -0.4 is 0 Å². The number of nitrogens with zero attached hydrogens (tertiary/aromatic N) is 2. The molecule has 0 amide bonds. The summed E-state index contributed by atoms with van der Waals surface area (Å²) in [6.07, 6.45) is 0.496. The summed E-state index contributed by atoms with van der Waals surface area (Å²) >= 11 is 0. The number of aliphatic hydroxyl groups is 1. The minimum Gasteiger partial charge on any atom is -0.395 e. The Morgan fingerprint density at radius 2 is 2.11 bits per heavy atom. The van der Waals surface area contributed by atoms with Gasteiger partial charge in [0.1, 0.15) is 0 Å². The largest absolute Gasteiger partial charge is 0.395 e. The van der Waals surface area contributed by atoms with E-state index in [1.54, 1.807) is 0 Å². The fourth-order valence-electron chi connectivity index (χ4n) is 1.86. The number of rotatable bonds is 5. The van der Waals surface area contributed by atoms with E-state index in [9.17, 15) is 0 Å². The van der Waals surface area contributed by atoms with E-state index in [1.165, 1.54) is 0 Å². The Kier molecular flexibility index (Phi) is 6.68. The summed E-state index contributed by atoms with van der Waals surface area (Å²) < 4.78 is 0. The summed E-state index contributed by atoms with van der Waals surface area (Å²) in [6.45, 7) is 3.53. The highest BCUT2D eigenvalue weighted by atomic mass is 16.2. The van der Waals surface area contributed by atoms with Gasteiger partial charge < -0.3 is 10.0 Å². The Morgan fingerprint density at radius 1 is 1.37 bits per heavy atom. The lowest BCUT2D eigenvalue weighted by atomic mass is 10.1. The zero-order valence-corrected chi connectivity index (χ0v) is 11.6. The van der Waals surface area contributed by atoms with Crippen molar-refractivity contribution in [3.63, 3.8) is 0 Å². The average molecular weight is 256 g/mol. The van der Waals surface area contributed by atoms with Gasteiger partial charge in [-0.05, 0) is 25.6 Å². The van der Waals surface area contributed by atoms with Gasteiger partial charge in [0.25, 0.3) is 0 Å². The van der Waals surface area contributed by atoms with Crippen LogP contribution in [0.15, 0.2) is 24.3 Å². The van der Waals surface area contributed by atoms with Crippen molar-refractivity contribution in [1.29, 1.82) is 5.26 Å². The van der Waals surface area contributed by atoms with E-state index in [0.717, 1.165) is 24.2 Å². The Balaban J connectivity index is 2.73. The van der Waals surface area contributed by atoms with Crippen molar-refractivity contribution in [3.8, 4) is 17.9 Å². The van der Waals surface area contributed by atoms with Gasteiger partial charge in [-0.1, -0.05) is 30.0 Å². The molecule has 1 atom stereocenters. The van der Waals surface area contributed by atoms with E-state index in [2.05, 4.69) is 28.9 Å². The van der Waals surface area contributed by atoms with Crippen molar-refractivity contribution in [3.05, 3.63) is 35.4 Å². The molecule has 1 aromatic rings. The van der Waals surface area contributed by atoms with Gasteiger partial charge in [-0.2, -0.15) is 5.26 Å². The van der Waals surface area contributed by atoms with Crippen LogP contribution in [0.4, 0.5) is 0 Å². The average Bonchev–Trinajstić information content (AvgIpc) is 2.40. The second-order valence-electron chi connectivity index (χ2n) is 4.66. The molecule has 3 nitrogen and oxygen atoms in total. The van der Waals surface area contributed by atoms with Crippen molar-refractivity contribution < 1.29 is 5.11 Å². The smallest absolute Gasteiger partial charge is 0.0666 e. The SMILES string of the molecule is CC(C#N)CN(C)Cc1ccccc1C#CCCO. The monoisotopic (exact) mass is 256 g/mol. The van der Waals surface area contributed by atoms with E-state index >= 15 is 0 Å². The Labute approximate surface area is 115 Å². The lowest BCUT2D eigenvalue weighted by Gasteiger charge is -2.18. The van der Waals surface area contributed by atoms with Gasteiger partial charge in [0.05, 0.1) is 18.6 Å². The van der Waals surface area contributed by atoms with E-state index in [-0.39, 0.29) is 12.5 Å². The van der Waals surface area contributed by atoms with Crippen LogP contribution in [0, 0.1) is 29.1 Å². The molecule has 3 heteroatoms. The van der Waals surface area contributed by atoms with Gasteiger partial charge in [0, 0.05) is 25.1 Å². The van der Waals surface area contributed by atoms with Gasteiger partial charge in [-0.3, -0.25) is 0 Å². The van der Waals surface area contributed by atoms with E-state index in [4.69, 9.17) is 10.4 Å². The maximum absolute atomic E-state index is 8.82. The van der Waals surface area contributed by atoms with E-state index < -0.39 is 0 Å². The van der Waals surface area contributed by atoms with Crippen LogP contribution in [0.25, 0.3) is 0 Å². The molecular formula is C16H20N2O. The summed E-state index contributed by atoms with van der Waals surface area (Å²) in [4.78, 5) is 2.13. The molecule has 0 aliphatic rings. The second kappa shape index (κ2) is 8.32. The highest BCUT2D eigenvalue weighted by molar-refractivity contribution is 5.41. The van der Waals surface area contributed by atoms with E-state index in [0.29, 0.717) is 6.42 Å². The van der Waals surface area contributed by atoms with Crippen LogP contribution in [0.5, 0.6) is 0 Å².